The maximum atomic E-state index is 13.3. The van der Waals surface area contributed by atoms with Gasteiger partial charge in [-0.2, -0.15) is 0 Å². The zero-order valence-corrected chi connectivity index (χ0v) is 17.3. The van der Waals surface area contributed by atoms with Crippen LogP contribution in [0.4, 0.5) is 8.78 Å². The van der Waals surface area contributed by atoms with Gasteiger partial charge in [-0.05, 0) is 94.1 Å². The van der Waals surface area contributed by atoms with Crippen molar-refractivity contribution in [3.63, 3.8) is 0 Å². The summed E-state index contributed by atoms with van der Waals surface area (Å²) in [5, 5.41) is 0. The van der Waals surface area contributed by atoms with Crippen LogP contribution in [0.1, 0.15) is 77.6 Å². The van der Waals surface area contributed by atoms with Crippen LogP contribution in [0.25, 0.3) is 0 Å². The van der Waals surface area contributed by atoms with Crippen LogP contribution >= 0.6 is 0 Å². The summed E-state index contributed by atoms with van der Waals surface area (Å²) in [4.78, 5) is 0. The van der Waals surface area contributed by atoms with Crippen molar-refractivity contribution >= 4 is 0 Å². The molecule has 2 aliphatic rings. The molecule has 2 aliphatic carbocycles. The van der Waals surface area contributed by atoms with Gasteiger partial charge in [-0.3, -0.25) is 0 Å². The molecule has 3 heteroatoms. The quantitative estimate of drug-likeness (QED) is 0.326. The zero-order valence-electron chi connectivity index (χ0n) is 17.3. The molecule has 2 saturated carbocycles. The van der Waals surface area contributed by atoms with Crippen LogP contribution in [0.5, 0.6) is 5.75 Å². The van der Waals surface area contributed by atoms with Crippen molar-refractivity contribution in [3.05, 3.63) is 42.0 Å². The fourth-order valence-electron chi connectivity index (χ4n) is 5.25. The van der Waals surface area contributed by atoms with Gasteiger partial charge in [0.15, 0.2) is 11.6 Å². The summed E-state index contributed by atoms with van der Waals surface area (Å²) in [7, 11) is 0. The molecular formula is C25H36F2O. The number of hydrogen-bond acceptors (Lipinski definition) is 1. The van der Waals surface area contributed by atoms with Gasteiger partial charge in [0.2, 0.25) is 0 Å². The lowest BCUT2D eigenvalue weighted by Crippen LogP contribution is -2.27. The molecule has 0 amide bonds. The van der Waals surface area contributed by atoms with Crippen LogP contribution in [0.15, 0.2) is 30.4 Å². The van der Waals surface area contributed by atoms with E-state index >= 15 is 0 Å². The molecular weight excluding hydrogens is 354 g/mol. The summed E-state index contributed by atoms with van der Waals surface area (Å²) in [5.74, 6) is 2.12. The molecule has 3 rings (SSSR count). The Bertz CT molecular complexity index is 611. The zero-order chi connectivity index (χ0) is 19.8. The average molecular weight is 391 g/mol. The van der Waals surface area contributed by atoms with Gasteiger partial charge in [-0.1, -0.05) is 31.4 Å². The van der Waals surface area contributed by atoms with Gasteiger partial charge in [0.25, 0.3) is 0 Å². The van der Waals surface area contributed by atoms with E-state index in [1.165, 1.54) is 76.7 Å². The summed E-state index contributed by atoms with van der Waals surface area (Å²) >= 11 is 0. The van der Waals surface area contributed by atoms with Crippen LogP contribution in [0.2, 0.25) is 0 Å². The molecule has 0 unspecified atom stereocenters. The highest BCUT2D eigenvalue weighted by Crippen LogP contribution is 2.42. The number of unbranched alkanes of at least 4 members (excludes halogenated alkanes) is 1. The second-order valence-corrected chi connectivity index (χ2v) is 8.95. The monoisotopic (exact) mass is 390 g/mol. The molecule has 2 fully saturated rings. The third-order valence-electron chi connectivity index (χ3n) is 7.05. The standard InChI is InChI=1S/C25H36F2O/c1-2-3-4-5-6-19-7-11-21(12-8-19)22-13-9-20(10-14-22)18-28-23-15-16-24(26)25(27)17-23/h2-3,15-17,19-22H,4-14,18H2,1H3/b3-2-. The predicted molar refractivity (Wildman–Crippen MR) is 111 cm³/mol. The normalized spacial score (nSPS) is 28.5. The van der Waals surface area contributed by atoms with Crippen molar-refractivity contribution in [3.8, 4) is 5.75 Å². The topological polar surface area (TPSA) is 9.23 Å². The van der Waals surface area contributed by atoms with Crippen LogP contribution < -0.4 is 4.74 Å². The lowest BCUT2D eigenvalue weighted by molar-refractivity contribution is 0.121. The Morgan fingerprint density at radius 2 is 1.54 bits per heavy atom. The first-order chi connectivity index (χ1) is 13.7. The smallest absolute Gasteiger partial charge is 0.162 e. The Labute approximate surface area is 169 Å². The van der Waals surface area contributed by atoms with E-state index in [0.717, 1.165) is 29.9 Å². The number of hydrogen-bond donors (Lipinski definition) is 0. The number of allylic oxidation sites excluding steroid dienone is 2. The molecule has 1 aromatic carbocycles. The van der Waals surface area contributed by atoms with Crippen molar-refractivity contribution in [1.82, 2.24) is 0 Å². The first-order valence-electron chi connectivity index (χ1n) is 11.3. The molecule has 0 atom stereocenters. The maximum Gasteiger partial charge on any atom is 0.162 e. The first-order valence-corrected chi connectivity index (χ1v) is 11.3. The van der Waals surface area contributed by atoms with E-state index in [2.05, 4.69) is 19.1 Å². The van der Waals surface area contributed by atoms with Gasteiger partial charge < -0.3 is 4.74 Å². The largest absolute Gasteiger partial charge is 0.493 e. The van der Waals surface area contributed by atoms with Crippen LogP contribution in [-0.2, 0) is 0 Å². The highest BCUT2D eigenvalue weighted by Gasteiger charge is 2.30. The predicted octanol–water partition coefficient (Wildman–Crippen LogP) is 7.70. The Balaban J connectivity index is 1.32. The Morgan fingerprint density at radius 3 is 2.14 bits per heavy atom. The molecule has 0 N–H and O–H groups in total. The Kier molecular flexibility index (Phi) is 8.36. The molecule has 0 bridgehead atoms. The van der Waals surface area contributed by atoms with E-state index in [-0.39, 0.29) is 0 Å². The summed E-state index contributed by atoms with van der Waals surface area (Å²) in [6.07, 6.45) is 19.2. The summed E-state index contributed by atoms with van der Waals surface area (Å²) in [5.41, 5.74) is 0. The van der Waals surface area contributed by atoms with Gasteiger partial charge in [0.05, 0.1) is 6.61 Å². The maximum absolute atomic E-state index is 13.3. The van der Waals surface area contributed by atoms with E-state index in [1.807, 2.05) is 0 Å². The summed E-state index contributed by atoms with van der Waals surface area (Å²) < 4.78 is 32.0. The minimum Gasteiger partial charge on any atom is -0.493 e. The molecule has 0 heterocycles. The molecule has 0 spiro atoms. The number of benzene rings is 1. The van der Waals surface area contributed by atoms with Gasteiger partial charge in [0, 0.05) is 6.07 Å². The molecule has 0 aliphatic heterocycles. The van der Waals surface area contributed by atoms with Crippen LogP contribution in [-0.4, -0.2) is 6.61 Å². The summed E-state index contributed by atoms with van der Waals surface area (Å²) in [6, 6.07) is 3.80. The highest BCUT2D eigenvalue weighted by atomic mass is 19.2. The van der Waals surface area contributed by atoms with Crippen LogP contribution in [0, 0.1) is 35.3 Å². The highest BCUT2D eigenvalue weighted by molar-refractivity contribution is 5.23. The fourth-order valence-corrected chi connectivity index (χ4v) is 5.25. The average Bonchev–Trinajstić information content (AvgIpc) is 2.73. The lowest BCUT2D eigenvalue weighted by Gasteiger charge is -2.38. The van der Waals surface area contributed by atoms with Crippen molar-refractivity contribution in [2.45, 2.75) is 77.6 Å². The molecule has 0 aromatic heterocycles. The molecule has 1 aromatic rings. The second-order valence-electron chi connectivity index (χ2n) is 8.95. The minimum absolute atomic E-state index is 0.439. The number of rotatable bonds is 8. The Morgan fingerprint density at radius 1 is 0.893 bits per heavy atom. The number of ether oxygens (including phenoxy) is 1. The van der Waals surface area contributed by atoms with Crippen molar-refractivity contribution < 1.29 is 13.5 Å². The van der Waals surface area contributed by atoms with Crippen molar-refractivity contribution in [1.29, 1.82) is 0 Å². The first kappa shape index (κ1) is 21.3. The SMILES string of the molecule is C/C=C\CCCC1CCC(C2CCC(COc3ccc(F)c(F)c3)CC2)CC1. The van der Waals surface area contributed by atoms with E-state index in [0.29, 0.717) is 18.3 Å². The van der Waals surface area contributed by atoms with Crippen molar-refractivity contribution in [2.24, 2.45) is 23.7 Å². The van der Waals surface area contributed by atoms with E-state index < -0.39 is 11.6 Å². The van der Waals surface area contributed by atoms with Gasteiger partial charge in [-0.15, -0.1) is 0 Å². The van der Waals surface area contributed by atoms with E-state index in [4.69, 9.17) is 4.74 Å². The molecule has 28 heavy (non-hydrogen) atoms. The van der Waals surface area contributed by atoms with E-state index in [1.54, 1.807) is 0 Å². The van der Waals surface area contributed by atoms with Gasteiger partial charge >= 0.3 is 0 Å². The summed E-state index contributed by atoms with van der Waals surface area (Å²) in [6.45, 7) is 2.73. The molecule has 0 saturated heterocycles. The lowest BCUT2D eigenvalue weighted by atomic mass is 9.69. The van der Waals surface area contributed by atoms with Gasteiger partial charge in [-0.25, -0.2) is 8.78 Å². The second kappa shape index (κ2) is 11.0. The minimum atomic E-state index is -0.835. The third kappa shape index (κ3) is 6.32. The third-order valence-corrected chi connectivity index (χ3v) is 7.05. The Hall–Kier alpha value is -1.38. The molecule has 1 nitrogen and oxygen atoms in total. The van der Waals surface area contributed by atoms with Crippen molar-refractivity contribution in [2.75, 3.05) is 6.61 Å². The molecule has 0 radical (unpaired) electrons. The van der Waals surface area contributed by atoms with Gasteiger partial charge in [0.1, 0.15) is 5.75 Å². The van der Waals surface area contributed by atoms with E-state index in [9.17, 15) is 8.78 Å². The molecule has 156 valence electrons. The number of halogens is 2. The van der Waals surface area contributed by atoms with Crippen LogP contribution in [0.3, 0.4) is 0 Å². The fraction of sp³-hybridized carbons (Fsp3) is 0.680.